The zero-order chi connectivity index (χ0) is 22.0. The fraction of sp³-hybridized carbons (Fsp3) is 0.355. The fourth-order valence-electron chi connectivity index (χ4n) is 7.67. The van der Waals surface area contributed by atoms with Gasteiger partial charge in [0.1, 0.15) is 0 Å². The van der Waals surface area contributed by atoms with E-state index in [4.69, 9.17) is 11.6 Å². The Balaban J connectivity index is 1.48. The van der Waals surface area contributed by atoms with Crippen LogP contribution in [0.2, 0.25) is 0 Å². The lowest BCUT2D eigenvalue weighted by molar-refractivity contribution is 0.372. The Labute approximate surface area is 206 Å². The van der Waals surface area contributed by atoms with Gasteiger partial charge in [-0.05, 0) is 60.6 Å². The monoisotopic (exact) mass is 468 g/mol. The van der Waals surface area contributed by atoms with Gasteiger partial charge < -0.3 is 0 Å². The van der Waals surface area contributed by atoms with E-state index in [9.17, 15) is 0 Å². The molecule has 166 valence electrons. The minimum Gasteiger partial charge on any atom is -0.116 e. The quantitative estimate of drug-likeness (QED) is 0.392. The molecule has 1 aromatic carbocycles. The highest BCUT2D eigenvalue weighted by Crippen LogP contribution is 2.67. The number of benzene rings is 1. The van der Waals surface area contributed by atoms with Crippen LogP contribution in [0.25, 0.3) is 0 Å². The molecule has 1 aliphatic heterocycles. The van der Waals surface area contributed by atoms with Crippen molar-refractivity contribution >= 4 is 23.4 Å². The number of fused-ring (bicyclic) bond motifs is 6. The van der Waals surface area contributed by atoms with Gasteiger partial charge in [0.05, 0.1) is 0 Å². The maximum atomic E-state index is 6.81. The van der Waals surface area contributed by atoms with Crippen LogP contribution in [-0.2, 0) is 5.41 Å². The molecular formula is C31H29ClS. The lowest BCUT2D eigenvalue weighted by Crippen LogP contribution is -2.41. The zero-order valence-electron chi connectivity index (χ0n) is 18.8. The zero-order valence-corrected chi connectivity index (χ0v) is 20.4. The molecule has 0 N–H and O–H groups in total. The van der Waals surface area contributed by atoms with Crippen LogP contribution >= 0.6 is 23.4 Å². The molecule has 5 aliphatic carbocycles. The maximum absolute atomic E-state index is 6.81. The van der Waals surface area contributed by atoms with Gasteiger partial charge in [0, 0.05) is 32.4 Å². The number of halogens is 1. The van der Waals surface area contributed by atoms with Gasteiger partial charge >= 0.3 is 0 Å². The summed E-state index contributed by atoms with van der Waals surface area (Å²) in [6.07, 6.45) is 27.9. The Morgan fingerprint density at radius 3 is 2.70 bits per heavy atom. The van der Waals surface area contributed by atoms with Crippen LogP contribution in [0, 0.1) is 23.7 Å². The Morgan fingerprint density at radius 1 is 0.909 bits per heavy atom. The lowest BCUT2D eigenvalue weighted by Gasteiger charge is -2.44. The van der Waals surface area contributed by atoms with E-state index in [-0.39, 0.29) is 5.41 Å². The summed E-state index contributed by atoms with van der Waals surface area (Å²) in [5, 5.41) is 1.50. The van der Waals surface area contributed by atoms with Crippen molar-refractivity contribution in [1.82, 2.24) is 0 Å². The van der Waals surface area contributed by atoms with E-state index >= 15 is 0 Å². The highest BCUT2D eigenvalue weighted by molar-refractivity contribution is 8.04. The average molecular weight is 469 g/mol. The topological polar surface area (TPSA) is 0 Å². The van der Waals surface area contributed by atoms with E-state index in [1.54, 1.807) is 11.1 Å². The third-order valence-electron chi connectivity index (χ3n) is 8.83. The van der Waals surface area contributed by atoms with Crippen LogP contribution in [0.3, 0.4) is 0 Å². The van der Waals surface area contributed by atoms with Crippen molar-refractivity contribution in [1.29, 1.82) is 0 Å². The first-order valence-electron chi connectivity index (χ1n) is 12.6. The predicted molar refractivity (Wildman–Crippen MR) is 141 cm³/mol. The summed E-state index contributed by atoms with van der Waals surface area (Å²) in [6.45, 7) is 0. The summed E-state index contributed by atoms with van der Waals surface area (Å²) in [4.78, 5) is 1.36. The van der Waals surface area contributed by atoms with Gasteiger partial charge in [-0.25, -0.2) is 0 Å². The number of hydrogen-bond donors (Lipinski definition) is 0. The Bertz CT molecular complexity index is 1210. The summed E-state index contributed by atoms with van der Waals surface area (Å²) in [6, 6.07) is 11.4. The van der Waals surface area contributed by atoms with Crippen molar-refractivity contribution in [2.24, 2.45) is 23.7 Å². The van der Waals surface area contributed by atoms with Gasteiger partial charge in [-0.2, -0.15) is 0 Å². The Kier molecular flexibility index (Phi) is 4.82. The van der Waals surface area contributed by atoms with Crippen LogP contribution in [0.1, 0.15) is 37.7 Å². The second-order valence-electron chi connectivity index (χ2n) is 10.2. The minimum atomic E-state index is -0.0694. The molecular weight excluding hydrogens is 440 g/mol. The van der Waals surface area contributed by atoms with Crippen LogP contribution in [0.5, 0.6) is 0 Å². The molecule has 0 nitrogen and oxygen atoms in total. The summed E-state index contributed by atoms with van der Waals surface area (Å²) in [5.41, 5.74) is 6.18. The van der Waals surface area contributed by atoms with Crippen LogP contribution in [0.4, 0.5) is 0 Å². The first kappa shape index (κ1) is 20.4. The van der Waals surface area contributed by atoms with E-state index in [1.807, 2.05) is 11.8 Å². The van der Waals surface area contributed by atoms with Gasteiger partial charge in [0.2, 0.25) is 0 Å². The van der Waals surface area contributed by atoms with Crippen molar-refractivity contribution in [3.05, 3.63) is 117 Å². The maximum Gasteiger partial charge on any atom is 0.0456 e. The molecule has 6 aliphatic rings. The molecule has 6 atom stereocenters. The lowest BCUT2D eigenvalue weighted by atomic mass is 9.60. The molecule has 0 amide bonds. The second kappa shape index (κ2) is 7.79. The molecule has 0 spiro atoms. The molecule has 7 rings (SSSR count). The molecule has 1 heterocycles. The largest absolute Gasteiger partial charge is 0.116 e. The standard InChI is InChI=1S/C31H29ClS/c32-28-19-9-15-24-23-14-8-18-27(29(23)33-30(24)28)31(20-10-2-1-3-11-20)25-16-6-4-12-21(25)22-13-5-7-17-26(22)31/h1-4,6,8,10-12,14-18,21-23,25,29H,5,7,9,13,19H2. The highest BCUT2D eigenvalue weighted by Gasteiger charge is 2.60. The average Bonchev–Trinajstić information content (AvgIpc) is 3.40. The molecule has 0 aromatic heterocycles. The summed E-state index contributed by atoms with van der Waals surface area (Å²) < 4.78 is 0. The van der Waals surface area contributed by atoms with Crippen molar-refractivity contribution in [2.45, 2.75) is 42.8 Å². The molecule has 2 fully saturated rings. The number of allylic oxidation sites excluding steroid dienone is 12. The summed E-state index contributed by atoms with van der Waals surface area (Å²) >= 11 is 8.85. The van der Waals surface area contributed by atoms with Gasteiger partial charge in [-0.3, -0.25) is 0 Å². The fourth-order valence-corrected chi connectivity index (χ4v) is 9.63. The van der Waals surface area contributed by atoms with Crippen LogP contribution in [-0.4, -0.2) is 5.25 Å². The van der Waals surface area contributed by atoms with Gasteiger partial charge in [-0.15, -0.1) is 11.8 Å². The third kappa shape index (κ3) is 2.79. The molecule has 1 aromatic rings. The van der Waals surface area contributed by atoms with E-state index in [0.29, 0.717) is 28.9 Å². The summed E-state index contributed by atoms with van der Waals surface area (Å²) in [7, 11) is 0. The van der Waals surface area contributed by atoms with Crippen molar-refractivity contribution in [2.75, 3.05) is 0 Å². The van der Waals surface area contributed by atoms with Crippen molar-refractivity contribution in [3.63, 3.8) is 0 Å². The smallest absolute Gasteiger partial charge is 0.0456 e. The van der Waals surface area contributed by atoms with Crippen LogP contribution in [0.15, 0.2) is 112 Å². The van der Waals surface area contributed by atoms with Crippen LogP contribution < -0.4 is 0 Å². The molecule has 1 saturated carbocycles. The molecule has 0 radical (unpaired) electrons. The first-order chi connectivity index (χ1) is 16.3. The predicted octanol–water partition coefficient (Wildman–Crippen LogP) is 8.42. The first-order valence-corrected chi connectivity index (χ1v) is 13.8. The number of rotatable bonds is 2. The SMILES string of the molecule is ClC1=C2SC3C(C4(c5ccccc5)C5=CCCCC5C5C=CC=CC54)=CC=CC3C2=CCC1. The van der Waals surface area contributed by atoms with Gasteiger partial charge in [0.25, 0.3) is 0 Å². The Hall–Kier alpha value is -1.96. The second-order valence-corrected chi connectivity index (χ2v) is 11.9. The van der Waals surface area contributed by atoms with Crippen molar-refractivity contribution < 1.29 is 0 Å². The number of hydrogen-bond acceptors (Lipinski definition) is 1. The van der Waals surface area contributed by atoms with Crippen molar-refractivity contribution in [3.8, 4) is 0 Å². The van der Waals surface area contributed by atoms with Gasteiger partial charge in [0.15, 0.2) is 0 Å². The number of thioether (sulfide) groups is 1. The Morgan fingerprint density at radius 2 is 1.79 bits per heavy atom. The normalized spacial score (nSPS) is 38.2. The molecule has 33 heavy (non-hydrogen) atoms. The minimum absolute atomic E-state index is 0.0694. The van der Waals surface area contributed by atoms with E-state index < -0.39 is 0 Å². The molecule has 1 saturated heterocycles. The molecule has 6 unspecified atom stereocenters. The van der Waals surface area contributed by atoms with E-state index in [0.717, 1.165) is 17.9 Å². The highest BCUT2D eigenvalue weighted by atomic mass is 35.5. The third-order valence-corrected chi connectivity index (χ3v) is 10.8. The van der Waals surface area contributed by atoms with Gasteiger partial charge in [-0.1, -0.05) is 102 Å². The summed E-state index contributed by atoms with van der Waals surface area (Å²) in [5.74, 6) is 2.14. The van der Waals surface area contributed by atoms with E-state index in [1.165, 1.54) is 35.3 Å². The molecule has 2 heteroatoms. The molecule has 0 bridgehead atoms. The van der Waals surface area contributed by atoms with E-state index in [2.05, 4.69) is 85.0 Å².